The van der Waals surface area contributed by atoms with E-state index in [2.05, 4.69) is 10.3 Å². The molecule has 0 unspecified atom stereocenters. The minimum Gasteiger partial charge on any atom is -0.462 e. The van der Waals surface area contributed by atoms with Crippen LogP contribution in [0.2, 0.25) is 0 Å². The number of hydrogen-bond acceptors (Lipinski definition) is 6. The van der Waals surface area contributed by atoms with Crippen LogP contribution in [0.5, 0.6) is 5.75 Å². The number of aromatic amines is 1. The monoisotopic (exact) mass is 403 g/mol. The standard InChI is InChI=1S/C22H17N3O5/c1-2-29-20(27)16-18(23)30-17-11-7-3-5-9-13(11)24-19(26)15(17)22(16)12-8-4-6-10-14(12)25-21(22)28/h3-10H,2,23H2,1H3,(H,24,26)(H,25,28)/t22-/m1/s1. The maximum atomic E-state index is 13.5. The summed E-state index contributed by atoms with van der Waals surface area (Å²) in [5.41, 5.74) is 5.10. The van der Waals surface area contributed by atoms with Crippen molar-refractivity contribution < 1.29 is 19.1 Å². The number of pyridine rings is 1. The Morgan fingerprint density at radius 3 is 2.67 bits per heavy atom. The average Bonchev–Trinajstić information content (AvgIpc) is 3.00. The third-order valence-electron chi connectivity index (χ3n) is 5.48. The number of fused-ring (bicyclic) bond motifs is 6. The van der Waals surface area contributed by atoms with E-state index in [9.17, 15) is 14.4 Å². The van der Waals surface area contributed by atoms with Gasteiger partial charge in [-0.25, -0.2) is 4.79 Å². The molecule has 30 heavy (non-hydrogen) atoms. The second-order valence-corrected chi connectivity index (χ2v) is 7.02. The van der Waals surface area contributed by atoms with Gasteiger partial charge in [-0.2, -0.15) is 0 Å². The molecule has 8 heteroatoms. The van der Waals surface area contributed by atoms with Crippen molar-refractivity contribution in [3.8, 4) is 5.75 Å². The van der Waals surface area contributed by atoms with Crippen LogP contribution in [0.1, 0.15) is 18.1 Å². The van der Waals surface area contributed by atoms with E-state index in [0.29, 0.717) is 22.2 Å². The predicted octanol–water partition coefficient (Wildman–Crippen LogP) is 1.89. The van der Waals surface area contributed by atoms with Gasteiger partial charge in [0.05, 0.1) is 17.7 Å². The van der Waals surface area contributed by atoms with Crippen molar-refractivity contribution in [1.29, 1.82) is 0 Å². The minimum absolute atomic E-state index is 0.000836. The highest BCUT2D eigenvalue weighted by Gasteiger charge is 2.60. The number of nitrogens with two attached hydrogens (primary N) is 1. The summed E-state index contributed by atoms with van der Waals surface area (Å²) < 4.78 is 11.0. The van der Waals surface area contributed by atoms with Crippen LogP contribution in [0.15, 0.2) is 64.8 Å². The molecule has 0 aliphatic carbocycles. The van der Waals surface area contributed by atoms with Crippen LogP contribution in [0.3, 0.4) is 0 Å². The third kappa shape index (κ3) is 2.13. The van der Waals surface area contributed by atoms with E-state index in [1.807, 2.05) is 0 Å². The van der Waals surface area contributed by atoms with E-state index in [4.69, 9.17) is 15.2 Å². The fourth-order valence-electron chi connectivity index (χ4n) is 4.34. The molecule has 5 rings (SSSR count). The molecule has 0 saturated heterocycles. The van der Waals surface area contributed by atoms with Gasteiger partial charge in [-0.15, -0.1) is 0 Å². The number of esters is 1. The Bertz CT molecular complexity index is 1340. The lowest BCUT2D eigenvalue weighted by atomic mass is 9.68. The molecule has 8 nitrogen and oxygen atoms in total. The number of ether oxygens (including phenoxy) is 2. The lowest BCUT2D eigenvalue weighted by Crippen LogP contribution is -2.49. The normalized spacial score (nSPS) is 19.3. The zero-order valence-corrected chi connectivity index (χ0v) is 15.9. The number of H-pyrrole nitrogens is 1. The first kappa shape index (κ1) is 18.0. The first-order valence-corrected chi connectivity index (χ1v) is 9.41. The maximum Gasteiger partial charge on any atom is 0.341 e. The molecule has 3 heterocycles. The summed E-state index contributed by atoms with van der Waals surface area (Å²) in [6, 6.07) is 13.9. The van der Waals surface area contributed by atoms with Gasteiger partial charge < -0.3 is 25.5 Å². The molecule has 2 aliphatic rings. The lowest BCUT2D eigenvalue weighted by Gasteiger charge is -2.35. The second-order valence-electron chi connectivity index (χ2n) is 7.02. The van der Waals surface area contributed by atoms with Crippen molar-refractivity contribution in [2.45, 2.75) is 12.3 Å². The Balaban J connectivity index is 1.97. The predicted molar refractivity (Wildman–Crippen MR) is 109 cm³/mol. The second kappa shape index (κ2) is 6.21. The highest BCUT2D eigenvalue weighted by Crippen LogP contribution is 2.53. The summed E-state index contributed by atoms with van der Waals surface area (Å²) in [6.07, 6.45) is 0. The van der Waals surface area contributed by atoms with Crippen LogP contribution < -0.4 is 21.3 Å². The van der Waals surface area contributed by atoms with Crippen LogP contribution in [-0.4, -0.2) is 23.5 Å². The van der Waals surface area contributed by atoms with Crippen LogP contribution in [0.25, 0.3) is 10.9 Å². The molecule has 0 fully saturated rings. The van der Waals surface area contributed by atoms with Crippen LogP contribution in [-0.2, 0) is 19.7 Å². The van der Waals surface area contributed by atoms with Gasteiger partial charge in [0.25, 0.3) is 5.56 Å². The van der Waals surface area contributed by atoms with Gasteiger partial charge >= 0.3 is 5.97 Å². The smallest absolute Gasteiger partial charge is 0.341 e. The van der Waals surface area contributed by atoms with E-state index in [1.54, 1.807) is 55.5 Å². The molecular weight excluding hydrogens is 386 g/mol. The Labute approximate surface area is 170 Å². The van der Waals surface area contributed by atoms with Crippen molar-refractivity contribution >= 4 is 28.5 Å². The van der Waals surface area contributed by atoms with E-state index in [0.717, 1.165) is 0 Å². The number of aromatic nitrogens is 1. The van der Waals surface area contributed by atoms with E-state index >= 15 is 0 Å². The minimum atomic E-state index is -1.79. The molecule has 1 atom stereocenters. The summed E-state index contributed by atoms with van der Waals surface area (Å²) in [5.74, 6) is -1.52. The fourth-order valence-corrected chi connectivity index (χ4v) is 4.34. The molecule has 0 saturated carbocycles. The fraction of sp³-hybridized carbons (Fsp3) is 0.136. The van der Waals surface area contributed by atoms with Crippen molar-refractivity contribution in [2.75, 3.05) is 11.9 Å². The number of carbonyl (C=O) groups excluding carboxylic acids is 2. The average molecular weight is 403 g/mol. The molecule has 2 aromatic carbocycles. The SMILES string of the molecule is CCOC(=O)C1=C(N)Oc2c(c(=O)[nH]c3ccccc23)[C@@]12C(=O)Nc1ccccc12. The zero-order chi connectivity index (χ0) is 21.0. The Morgan fingerprint density at radius 2 is 1.87 bits per heavy atom. The van der Waals surface area contributed by atoms with Crippen molar-refractivity contribution in [3.63, 3.8) is 0 Å². The molecule has 1 spiro atoms. The number of amides is 1. The summed E-state index contributed by atoms with van der Waals surface area (Å²) in [4.78, 5) is 42.6. The van der Waals surface area contributed by atoms with Gasteiger partial charge in [-0.1, -0.05) is 30.3 Å². The third-order valence-corrected chi connectivity index (χ3v) is 5.48. The number of nitrogens with one attached hydrogen (secondary N) is 2. The first-order valence-electron chi connectivity index (χ1n) is 9.41. The molecule has 1 amide bonds. The topological polar surface area (TPSA) is 124 Å². The molecule has 0 radical (unpaired) electrons. The number of rotatable bonds is 2. The summed E-state index contributed by atoms with van der Waals surface area (Å²) in [7, 11) is 0. The van der Waals surface area contributed by atoms with Gasteiger partial charge in [-0.3, -0.25) is 9.59 Å². The lowest BCUT2D eigenvalue weighted by molar-refractivity contribution is -0.140. The Kier molecular flexibility index (Phi) is 3.73. The largest absolute Gasteiger partial charge is 0.462 e. The van der Waals surface area contributed by atoms with E-state index < -0.39 is 22.9 Å². The van der Waals surface area contributed by atoms with Crippen molar-refractivity contribution in [3.05, 3.63) is 81.5 Å². The molecule has 2 aliphatic heterocycles. The number of carbonyl (C=O) groups is 2. The van der Waals surface area contributed by atoms with Gasteiger partial charge in [-0.05, 0) is 25.1 Å². The molecule has 0 bridgehead atoms. The quantitative estimate of drug-likeness (QED) is 0.562. The molecule has 150 valence electrons. The van der Waals surface area contributed by atoms with Gasteiger partial charge in [0.2, 0.25) is 11.8 Å². The number of anilines is 1. The molecule has 3 aromatic rings. The van der Waals surface area contributed by atoms with Gasteiger partial charge in [0, 0.05) is 16.6 Å². The van der Waals surface area contributed by atoms with Gasteiger partial charge in [0.1, 0.15) is 16.7 Å². The summed E-state index contributed by atoms with van der Waals surface area (Å²) in [6.45, 7) is 1.71. The maximum absolute atomic E-state index is 13.5. The van der Waals surface area contributed by atoms with E-state index in [-0.39, 0.29) is 29.4 Å². The number of benzene rings is 2. The van der Waals surface area contributed by atoms with Gasteiger partial charge in [0.15, 0.2) is 0 Å². The number of para-hydroxylation sites is 2. The van der Waals surface area contributed by atoms with Crippen LogP contribution in [0, 0.1) is 0 Å². The van der Waals surface area contributed by atoms with Crippen LogP contribution in [0.4, 0.5) is 5.69 Å². The summed E-state index contributed by atoms with van der Waals surface area (Å²) in [5, 5.41) is 3.34. The van der Waals surface area contributed by atoms with Crippen molar-refractivity contribution in [1.82, 2.24) is 4.98 Å². The highest BCUT2D eigenvalue weighted by molar-refractivity contribution is 6.18. The van der Waals surface area contributed by atoms with Crippen molar-refractivity contribution in [2.24, 2.45) is 5.73 Å². The Hall–Kier alpha value is -4.07. The van der Waals surface area contributed by atoms with E-state index in [1.165, 1.54) is 0 Å². The zero-order valence-electron chi connectivity index (χ0n) is 15.9. The molecule has 4 N–H and O–H groups in total. The highest BCUT2D eigenvalue weighted by atomic mass is 16.5. The Morgan fingerprint density at radius 1 is 1.13 bits per heavy atom. The summed E-state index contributed by atoms with van der Waals surface area (Å²) >= 11 is 0. The number of hydrogen-bond donors (Lipinski definition) is 3. The van der Waals surface area contributed by atoms with Crippen LogP contribution >= 0.6 is 0 Å². The first-order chi connectivity index (χ1) is 14.5. The molecular formula is C22H17N3O5. The molecule has 1 aromatic heterocycles.